The molecule has 1 N–H and O–H groups in total. The van der Waals surface area contributed by atoms with Gasteiger partial charge in [-0.1, -0.05) is 32.0 Å². The Morgan fingerprint density at radius 1 is 0.794 bits per heavy atom. The Bertz CT molecular complexity index is 1280. The van der Waals surface area contributed by atoms with Gasteiger partial charge < -0.3 is 9.84 Å². The zero-order valence-corrected chi connectivity index (χ0v) is 19.3. The van der Waals surface area contributed by atoms with Crippen LogP contribution in [0.1, 0.15) is 19.5 Å². The summed E-state index contributed by atoms with van der Waals surface area (Å²) < 4.78 is 7.15. The van der Waals surface area contributed by atoms with E-state index in [1.54, 1.807) is 31.2 Å². The molecule has 0 aliphatic heterocycles. The average Bonchev–Trinajstić information content (AvgIpc) is 3.14. The smallest absolute Gasteiger partial charge is 0.243 e. The minimum absolute atomic E-state index is 0.0784. The van der Waals surface area contributed by atoms with Gasteiger partial charge in [-0.2, -0.15) is 25.1 Å². The number of hydrogen-bond donors (Lipinski definition) is 1. The van der Waals surface area contributed by atoms with E-state index < -0.39 is 0 Å². The molecule has 0 fully saturated rings. The van der Waals surface area contributed by atoms with Gasteiger partial charge in [-0.15, -0.1) is 5.11 Å². The Hall–Kier alpha value is -4.33. The van der Waals surface area contributed by atoms with Crippen LogP contribution in [0.3, 0.4) is 0 Å². The van der Waals surface area contributed by atoms with Gasteiger partial charge in [0.05, 0.1) is 35.1 Å². The maximum atomic E-state index is 10.7. The zero-order chi connectivity index (χ0) is 23.9. The van der Waals surface area contributed by atoms with Crippen molar-refractivity contribution in [1.82, 2.24) is 9.78 Å². The predicted molar refractivity (Wildman–Crippen MR) is 132 cm³/mol. The first-order valence-corrected chi connectivity index (χ1v) is 11.0. The summed E-state index contributed by atoms with van der Waals surface area (Å²) in [5.41, 5.74) is 3.69. The van der Waals surface area contributed by atoms with Gasteiger partial charge in [-0.3, -0.25) is 0 Å². The van der Waals surface area contributed by atoms with Crippen LogP contribution in [-0.4, -0.2) is 21.5 Å². The van der Waals surface area contributed by atoms with Gasteiger partial charge in [0.25, 0.3) is 0 Å². The van der Waals surface area contributed by atoms with Gasteiger partial charge in [0.15, 0.2) is 5.69 Å². The molecule has 4 rings (SSSR count). The minimum atomic E-state index is -0.0784. The molecule has 8 heteroatoms. The second kappa shape index (κ2) is 10.5. The summed E-state index contributed by atoms with van der Waals surface area (Å²) >= 11 is 0. The number of hydrogen-bond acceptors (Lipinski definition) is 7. The molecule has 0 spiro atoms. The van der Waals surface area contributed by atoms with Gasteiger partial charge in [0, 0.05) is 0 Å². The maximum absolute atomic E-state index is 10.7. The first-order chi connectivity index (χ1) is 16.5. The topological polar surface area (TPSA) is 96.7 Å². The summed E-state index contributed by atoms with van der Waals surface area (Å²) in [5.74, 6) is 1.14. The summed E-state index contributed by atoms with van der Waals surface area (Å²) in [6, 6.07) is 24.1. The summed E-state index contributed by atoms with van der Waals surface area (Å²) in [5, 5.41) is 32.0. The third kappa shape index (κ3) is 5.72. The van der Waals surface area contributed by atoms with Gasteiger partial charge in [0.1, 0.15) is 5.75 Å². The molecule has 0 aliphatic carbocycles. The molecule has 8 nitrogen and oxygen atoms in total. The van der Waals surface area contributed by atoms with E-state index in [4.69, 9.17) is 4.74 Å². The van der Waals surface area contributed by atoms with Crippen LogP contribution < -0.4 is 4.74 Å². The summed E-state index contributed by atoms with van der Waals surface area (Å²) in [6.45, 7) is 6.62. The fourth-order valence-corrected chi connectivity index (χ4v) is 3.05. The zero-order valence-electron chi connectivity index (χ0n) is 19.3. The van der Waals surface area contributed by atoms with Gasteiger partial charge >= 0.3 is 0 Å². The molecule has 0 aliphatic rings. The molecule has 3 aromatic carbocycles. The first-order valence-electron chi connectivity index (χ1n) is 11.0. The van der Waals surface area contributed by atoms with E-state index in [1.165, 1.54) is 4.68 Å². The van der Waals surface area contributed by atoms with Crippen molar-refractivity contribution < 1.29 is 9.84 Å². The van der Waals surface area contributed by atoms with Crippen molar-refractivity contribution in [2.24, 2.45) is 26.4 Å². The highest BCUT2D eigenvalue weighted by Gasteiger charge is 2.15. The molecule has 1 aromatic heterocycles. The highest BCUT2D eigenvalue weighted by molar-refractivity contribution is 5.55. The number of aromatic hydroxyl groups is 1. The molecule has 0 saturated heterocycles. The standard InChI is InChI=1S/C26H26N6O2/c1-18(2)17-34-24-15-13-23(14-16-24)32-26(33)25(19(3)31-32)30-29-22-11-9-21(10-12-22)28-27-20-7-5-4-6-8-20/h4-16,18,33H,17H2,1-3H3/b28-27+,30-29+. The number of rotatable bonds is 8. The van der Waals surface area contributed by atoms with Crippen molar-refractivity contribution in [3.63, 3.8) is 0 Å². The van der Waals surface area contributed by atoms with Crippen LogP contribution >= 0.6 is 0 Å². The van der Waals surface area contributed by atoms with E-state index in [1.807, 2.05) is 54.6 Å². The number of azo groups is 2. The highest BCUT2D eigenvalue weighted by atomic mass is 16.5. The predicted octanol–water partition coefficient (Wildman–Crippen LogP) is 7.75. The lowest BCUT2D eigenvalue weighted by molar-refractivity contribution is 0.271. The number of ether oxygens (including phenoxy) is 1. The van der Waals surface area contributed by atoms with Crippen LogP contribution in [0.25, 0.3) is 5.69 Å². The molecular formula is C26H26N6O2. The van der Waals surface area contributed by atoms with Crippen molar-refractivity contribution in [3.05, 3.63) is 84.6 Å². The first kappa shape index (κ1) is 22.8. The van der Waals surface area contributed by atoms with Crippen LogP contribution in [0, 0.1) is 12.8 Å². The van der Waals surface area contributed by atoms with E-state index in [2.05, 4.69) is 39.4 Å². The van der Waals surface area contributed by atoms with E-state index in [9.17, 15) is 5.11 Å². The van der Waals surface area contributed by atoms with E-state index in [-0.39, 0.29) is 5.88 Å². The molecular weight excluding hydrogens is 428 g/mol. The van der Waals surface area contributed by atoms with E-state index in [0.29, 0.717) is 41.0 Å². The molecule has 172 valence electrons. The van der Waals surface area contributed by atoms with E-state index in [0.717, 1.165) is 11.4 Å². The largest absolute Gasteiger partial charge is 0.493 e. The van der Waals surface area contributed by atoms with Crippen LogP contribution in [0.4, 0.5) is 22.7 Å². The van der Waals surface area contributed by atoms with Crippen molar-refractivity contribution in [2.75, 3.05) is 6.61 Å². The Balaban J connectivity index is 1.46. The van der Waals surface area contributed by atoms with Crippen LogP contribution in [-0.2, 0) is 0 Å². The molecule has 0 radical (unpaired) electrons. The third-order valence-electron chi connectivity index (χ3n) is 4.82. The maximum Gasteiger partial charge on any atom is 0.243 e. The fourth-order valence-electron chi connectivity index (χ4n) is 3.05. The number of nitrogens with zero attached hydrogens (tertiary/aromatic N) is 6. The number of benzene rings is 3. The summed E-state index contributed by atoms with van der Waals surface area (Å²) in [6.07, 6.45) is 0. The highest BCUT2D eigenvalue weighted by Crippen LogP contribution is 2.34. The number of aryl methyl sites for hydroxylation is 1. The van der Waals surface area contributed by atoms with Gasteiger partial charge in [-0.05, 0) is 73.5 Å². The summed E-state index contributed by atoms with van der Waals surface area (Å²) in [4.78, 5) is 0. The second-order valence-corrected chi connectivity index (χ2v) is 8.12. The monoisotopic (exact) mass is 454 g/mol. The third-order valence-corrected chi connectivity index (χ3v) is 4.82. The molecule has 0 unspecified atom stereocenters. The Morgan fingerprint density at radius 3 is 1.94 bits per heavy atom. The SMILES string of the molecule is Cc1nn(-c2ccc(OCC(C)C)cc2)c(O)c1/N=N/c1ccc(/N=N/c2ccccc2)cc1. The average molecular weight is 455 g/mol. The van der Waals surface area contributed by atoms with Crippen molar-refractivity contribution in [1.29, 1.82) is 0 Å². The normalized spacial score (nSPS) is 11.6. The molecule has 0 bridgehead atoms. The second-order valence-electron chi connectivity index (χ2n) is 8.12. The Labute approximate surface area is 198 Å². The van der Waals surface area contributed by atoms with Gasteiger partial charge in [-0.25, -0.2) is 0 Å². The minimum Gasteiger partial charge on any atom is -0.493 e. The molecule has 0 amide bonds. The lowest BCUT2D eigenvalue weighted by atomic mass is 10.2. The van der Waals surface area contributed by atoms with E-state index >= 15 is 0 Å². The lowest BCUT2D eigenvalue weighted by Gasteiger charge is -2.09. The van der Waals surface area contributed by atoms with Crippen LogP contribution in [0.2, 0.25) is 0 Å². The summed E-state index contributed by atoms with van der Waals surface area (Å²) in [7, 11) is 0. The molecule has 0 saturated carbocycles. The Morgan fingerprint density at radius 2 is 1.35 bits per heavy atom. The number of aromatic nitrogens is 2. The Kier molecular flexibility index (Phi) is 7.07. The van der Waals surface area contributed by atoms with Crippen molar-refractivity contribution in [3.8, 4) is 17.3 Å². The molecule has 34 heavy (non-hydrogen) atoms. The van der Waals surface area contributed by atoms with Crippen molar-refractivity contribution >= 4 is 22.7 Å². The molecule has 4 aromatic rings. The molecule has 0 atom stereocenters. The van der Waals surface area contributed by atoms with Gasteiger partial charge in [0.2, 0.25) is 5.88 Å². The fraction of sp³-hybridized carbons (Fsp3) is 0.192. The van der Waals surface area contributed by atoms with Crippen molar-refractivity contribution in [2.45, 2.75) is 20.8 Å². The van der Waals surface area contributed by atoms with Crippen LogP contribution in [0.5, 0.6) is 11.6 Å². The molecule has 1 heterocycles. The quantitative estimate of drug-likeness (QED) is 0.276. The van der Waals surface area contributed by atoms with Crippen LogP contribution in [0.15, 0.2) is 99.3 Å². The lowest BCUT2D eigenvalue weighted by Crippen LogP contribution is -2.04.